The lowest BCUT2D eigenvalue weighted by atomic mass is 10.2. The summed E-state index contributed by atoms with van der Waals surface area (Å²) in [4.78, 5) is 20.3. The molecule has 0 aromatic carbocycles. The number of nitrogens with one attached hydrogen (secondary N) is 1. The van der Waals surface area contributed by atoms with Gasteiger partial charge in [0.05, 0.1) is 17.4 Å². The highest BCUT2D eigenvalue weighted by atomic mass is 35.5. The molecule has 0 radical (unpaired) electrons. The first-order valence-electron chi connectivity index (χ1n) is 8.72. The van der Waals surface area contributed by atoms with Crippen LogP contribution in [0.1, 0.15) is 21.6 Å². The molecule has 0 unspecified atom stereocenters. The van der Waals surface area contributed by atoms with Crippen molar-refractivity contribution in [3.8, 4) is 5.88 Å². The van der Waals surface area contributed by atoms with Gasteiger partial charge in [-0.1, -0.05) is 0 Å². The number of halogens is 4. The van der Waals surface area contributed by atoms with Gasteiger partial charge in [0, 0.05) is 37.2 Å². The first-order valence-corrected chi connectivity index (χ1v) is 8.72. The van der Waals surface area contributed by atoms with Crippen LogP contribution in [0, 0.1) is 6.92 Å². The number of nitrogens with zero attached hydrogens (tertiary/aromatic N) is 4. The second kappa shape index (κ2) is 9.72. The van der Waals surface area contributed by atoms with Crippen molar-refractivity contribution in [3.63, 3.8) is 0 Å². The summed E-state index contributed by atoms with van der Waals surface area (Å²) < 4.78 is 43.2. The zero-order valence-corrected chi connectivity index (χ0v) is 16.8. The molecular formula is C18H20ClF3N6O2. The van der Waals surface area contributed by atoms with Gasteiger partial charge in [0.25, 0.3) is 5.91 Å². The highest BCUT2D eigenvalue weighted by Gasteiger charge is 2.29. The number of pyridine rings is 2. The maximum Gasteiger partial charge on any atom is 0.422 e. The molecule has 162 valence electrons. The van der Waals surface area contributed by atoms with Gasteiger partial charge in [-0.3, -0.25) is 14.5 Å². The summed E-state index contributed by atoms with van der Waals surface area (Å²) in [6, 6.07) is 3.36. The zero-order valence-electron chi connectivity index (χ0n) is 15.9. The topological polar surface area (TPSA) is 108 Å². The monoisotopic (exact) mass is 444 g/mol. The average Bonchev–Trinajstić information content (AvgIpc) is 3.07. The van der Waals surface area contributed by atoms with Crippen molar-refractivity contribution < 1.29 is 22.7 Å². The number of carbonyl (C=O) groups excluding carboxylic acids is 1. The van der Waals surface area contributed by atoms with Crippen molar-refractivity contribution in [3.05, 3.63) is 47.5 Å². The van der Waals surface area contributed by atoms with Crippen LogP contribution in [0.3, 0.4) is 0 Å². The van der Waals surface area contributed by atoms with E-state index in [-0.39, 0.29) is 29.9 Å². The minimum absolute atomic E-state index is 0. The number of alkyl halides is 3. The molecule has 0 saturated carbocycles. The lowest BCUT2D eigenvalue weighted by Gasteiger charge is -2.11. The number of fused-ring (bicyclic) bond motifs is 1. The summed E-state index contributed by atoms with van der Waals surface area (Å²) in [5, 5.41) is 7.67. The fourth-order valence-electron chi connectivity index (χ4n) is 2.72. The quantitative estimate of drug-likeness (QED) is 0.578. The van der Waals surface area contributed by atoms with E-state index in [4.69, 9.17) is 10.5 Å². The van der Waals surface area contributed by atoms with Crippen molar-refractivity contribution in [2.75, 3.05) is 19.7 Å². The highest BCUT2D eigenvalue weighted by molar-refractivity contribution is 6.04. The van der Waals surface area contributed by atoms with Gasteiger partial charge in [-0.25, -0.2) is 4.98 Å². The number of hydrogen-bond acceptors (Lipinski definition) is 6. The van der Waals surface area contributed by atoms with E-state index in [2.05, 4.69) is 20.4 Å². The van der Waals surface area contributed by atoms with Gasteiger partial charge < -0.3 is 15.8 Å². The van der Waals surface area contributed by atoms with Crippen molar-refractivity contribution in [2.24, 2.45) is 5.73 Å². The normalized spacial score (nSPS) is 11.2. The lowest BCUT2D eigenvalue weighted by molar-refractivity contribution is -0.154. The van der Waals surface area contributed by atoms with E-state index in [9.17, 15) is 18.0 Å². The molecule has 0 fully saturated rings. The molecule has 3 N–H and O–H groups in total. The van der Waals surface area contributed by atoms with Crippen molar-refractivity contribution >= 4 is 29.2 Å². The fraction of sp³-hybridized carbons (Fsp3) is 0.333. The molecule has 0 aliphatic rings. The summed E-state index contributed by atoms with van der Waals surface area (Å²) in [6.45, 7) is 1.18. The Kier molecular flexibility index (Phi) is 7.57. The largest absolute Gasteiger partial charge is 0.468 e. The summed E-state index contributed by atoms with van der Waals surface area (Å²) in [5.41, 5.74) is 7.43. The zero-order chi connectivity index (χ0) is 21.0. The maximum atomic E-state index is 12.3. The predicted octanol–water partition coefficient (Wildman–Crippen LogP) is 2.23. The smallest absolute Gasteiger partial charge is 0.422 e. The molecule has 0 aliphatic carbocycles. The van der Waals surface area contributed by atoms with Crippen LogP contribution in [0.15, 0.2) is 30.7 Å². The van der Waals surface area contributed by atoms with Gasteiger partial charge in [0.15, 0.2) is 6.61 Å². The minimum Gasteiger partial charge on any atom is -0.468 e. The van der Waals surface area contributed by atoms with Crippen LogP contribution in [0.5, 0.6) is 5.88 Å². The number of aromatic nitrogens is 4. The van der Waals surface area contributed by atoms with Crippen LogP contribution < -0.4 is 15.8 Å². The third-order valence-corrected chi connectivity index (χ3v) is 3.93. The second-order valence-corrected chi connectivity index (χ2v) is 6.33. The van der Waals surface area contributed by atoms with Crippen molar-refractivity contribution in [2.45, 2.75) is 19.6 Å². The summed E-state index contributed by atoms with van der Waals surface area (Å²) in [6.07, 6.45) is 0.181. The van der Waals surface area contributed by atoms with E-state index in [0.29, 0.717) is 36.1 Å². The first kappa shape index (κ1) is 23.4. The van der Waals surface area contributed by atoms with Gasteiger partial charge >= 0.3 is 6.18 Å². The lowest BCUT2D eigenvalue weighted by Crippen LogP contribution is -2.29. The molecule has 0 aliphatic heterocycles. The van der Waals surface area contributed by atoms with E-state index in [1.54, 1.807) is 29.9 Å². The second-order valence-electron chi connectivity index (χ2n) is 6.33. The molecule has 3 rings (SSSR count). The van der Waals surface area contributed by atoms with Gasteiger partial charge in [-0.2, -0.15) is 18.3 Å². The Morgan fingerprint density at radius 2 is 2.10 bits per heavy atom. The Balaban J connectivity index is 0.00000320. The SMILES string of the molecule is Cc1cc(Cn2cc3c(C(=O)NCCN)nccc3n2)cnc1OCC(F)(F)F.Cl. The molecule has 0 bridgehead atoms. The Morgan fingerprint density at radius 1 is 1.33 bits per heavy atom. The van der Waals surface area contributed by atoms with Crippen LogP contribution in [-0.2, 0) is 6.54 Å². The molecule has 3 aromatic heterocycles. The standard InChI is InChI=1S/C18H19F3N6O2.ClH/c1-11-6-12(7-25-17(11)29-10-18(19,20)21)8-27-9-13-14(26-27)2-4-23-15(13)16(28)24-5-3-22;/h2,4,6-7,9H,3,5,8,10,22H2,1H3,(H,24,28);1H. The Bertz CT molecular complexity index is 1020. The first-order chi connectivity index (χ1) is 13.8. The van der Waals surface area contributed by atoms with Gasteiger partial charge in [-0.15, -0.1) is 12.4 Å². The molecule has 0 saturated heterocycles. The Morgan fingerprint density at radius 3 is 2.77 bits per heavy atom. The number of carbonyl (C=O) groups is 1. The molecule has 12 heteroatoms. The van der Waals surface area contributed by atoms with Crippen LogP contribution in [0.2, 0.25) is 0 Å². The van der Waals surface area contributed by atoms with Crippen LogP contribution in [0.25, 0.3) is 10.9 Å². The van der Waals surface area contributed by atoms with Crippen molar-refractivity contribution in [1.29, 1.82) is 0 Å². The van der Waals surface area contributed by atoms with Gasteiger partial charge in [0.1, 0.15) is 5.69 Å². The number of ether oxygens (including phenoxy) is 1. The number of nitrogens with two attached hydrogens (primary N) is 1. The third kappa shape index (κ3) is 5.80. The molecule has 0 spiro atoms. The predicted molar refractivity (Wildman–Crippen MR) is 106 cm³/mol. The van der Waals surface area contributed by atoms with Gasteiger partial charge in [-0.05, 0) is 24.6 Å². The molecule has 3 heterocycles. The van der Waals surface area contributed by atoms with Crippen molar-refractivity contribution in [1.82, 2.24) is 25.1 Å². The highest BCUT2D eigenvalue weighted by Crippen LogP contribution is 2.21. The molecular weight excluding hydrogens is 425 g/mol. The molecule has 3 aromatic rings. The number of hydrogen-bond donors (Lipinski definition) is 2. The van der Waals surface area contributed by atoms with E-state index >= 15 is 0 Å². The van der Waals surface area contributed by atoms with Crippen LogP contribution in [0.4, 0.5) is 13.2 Å². The summed E-state index contributed by atoms with van der Waals surface area (Å²) in [7, 11) is 0. The minimum atomic E-state index is -4.43. The van der Waals surface area contributed by atoms with E-state index in [0.717, 1.165) is 5.56 Å². The average molecular weight is 445 g/mol. The Labute approximate surface area is 176 Å². The number of aryl methyl sites for hydroxylation is 1. The molecule has 8 nitrogen and oxygen atoms in total. The third-order valence-electron chi connectivity index (χ3n) is 3.93. The van der Waals surface area contributed by atoms with Gasteiger partial charge in [0.2, 0.25) is 5.88 Å². The molecule has 1 amide bonds. The summed E-state index contributed by atoms with van der Waals surface area (Å²) >= 11 is 0. The maximum absolute atomic E-state index is 12.3. The fourth-order valence-corrected chi connectivity index (χ4v) is 2.72. The van der Waals surface area contributed by atoms with Crippen LogP contribution >= 0.6 is 12.4 Å². The van der Waals surface area contributed by atoms with E-state index in [1.165, 1.54) is 12.4 Å². The number of rotatable bonds is 7. The number of amides is 1. The molecule has 0 atom stereocenters. The Hall–Kier alpha value is -2.92. The van der Waals surface area contributed by atoms with E-state index in [1.807, 2.05) is 0 Å². The van der Waals surface area contributed by atoms with E-state index < -0.39 is 12.8 Å². The van der Waals surface area contributed by atoms with Crippen LogP contribution in [-0.4, -0.2) is 51.5 Å². The summed E-state index contributed by atoms with van der Waals surface area (Å²) in [5.74, 6) is -0.413. The molecule has 30 heavy (non-hydrogen) atoms.